The first kappa shape index (κ1) is 29.1. The number of carboxylic acids is 1. The summed E-state index contributed by atoms with van der Waals surface area (Å²) in [5.41, 5.74) is -4.86. The van der Waals surface area contributed by atoms with Crippen molar-refractivity contribution in [2.45, 2.75) is 24.5 Å². The molecule has 5 rings (SSSR count). The van der Waals surface area contributed by atoms with Crippen LogP contribution in [0.5, 0.6) is 0 Å². The maximum absolute atomic E-state index is 15.4. The van der Waals surface area contributed by atoms with Crippen LogP contribution in [0.3, 0.4) is 0 Å². The fourth-order valence-electron chi connectivity index (χ4n) is 5.08. The van der Waals surface area contributed by atoms with E-state index in [1.165, 1.54) is 18.2 Å². The van der Waals surface area contributed by atoms with Crippen LogP contribution in [0.15, 0.2) is 22.2 Å². The van der Waals surface area contributed by atoms with E-state index in [-0.39, 0.29) is 49.1 Å². The first-order valence-corrected chi connectivity index (χ1v) is 15.3. The summed E-state index contributed by atoms with van der Waals surface area (Å²) in [4.78, 5) is 85.4. The van der Waals surface area contributed by atoms with Gasteiger partial charge in [0, 0.05) is 31.9 Å². The van der Waals surface area contributed by atoms with Gasteiger partial charge in [0.2, 0.25) is 5.43 Å². The van der Waals surface area contributed by atoms with Crippen LogP contribution in [0.2, 0.25) is 0 Å². The molecule has 1 saturated carbocycles. The molecule has 20 heteroatoms. The molecule has 3 fully saturated rings. The number of oxime groups is 1. The fraction of sp³-hybridized carbons (Fsp3) is 0.476. The van der Waals surface area contributed by atoms with Crippen molar-refractivity contribution in [1.29, 1.82) is 0 Å². The van der Waals surface area contributed by atoms with E-state index < -0.39 is 55.1 Å². The molecular weight excluding hydrogens is 595 g/mol. The van der Waals surface area contributed by atoms with Crippen molar-refractivity contribution >= 4 is 49.8 Å². The Kier molecular flexibility index (Phi) is 7.00. The van der Waals surface area contributed by atoms with E-state index in [2.05, 4.69) is 14.9 Å². The zero-order valence-electron chi connectivity index (χ0n) is 21.2. The molecule has 2 aromatic rings. The molecule has 0 atom stereocenters. The zero-order valence-corrected chi connectivity index (χ0v) is 22.9. The van der Waals surface area contributed by atoms with Gasteiger partial charge in [-0.25, -0.2) is 19.0 Å². The van der Waals surface area contributed by atoms with Gasteiger partial charge >= 0.3 is 32.8 Å². The lowest BCUT2D eigenvalue weighted by Gasteiger charge is -2.46. The van der Waals surface area contributed by atoms with Gasteiger partial charge in [-0.2, -0.15) is 0 Å². The third-order valence-corrected chi connectivity index (χ3v) is 10.3. The summed E-state index contributed by atoms with van der Waals surface area (Å²) in [6, 6.07) is 0.826. The average Bonchev–Trinajstić information content (AvgIpc) is 3.61. The van der Waals surface area contributed by atoms with Crippen molar-refractivity contribution in [2.75, 3.05) is 38.2 Å². The number of aromatic nitrogens is 2. The van der Waals surface area contributed by atoms with Crippen LogP contribution in [0.4, 0.5) is 15.0 Å². The fourth-order valence-corrected chi connectivity index (χ4v) is 7.11. The Balaban J connectivity index is 1.43. The third-order valence-electron chi connectivity index (χ3n) is 7.08. The number of pyridine rings is 2. The number of likely N-dealkylation sites (tertiary alicyclic amines) is 1. The minimum Gasteiger partial charge on any atom is -0.477 e. The number of hydrogen-bond acceptors (Lipinski definition) is 10. The van der Waals surface area contributed by atoms with Gasteiger partial charge in [-0.1, -0.05) is 5.16 Å². The predicted molar refractivity (Wildman–Crippen MR) is 136 cm³/mol. The molecule has 1 amide bonds. The molecule has 4 heterocycles. The number of amides is 1. The Morgan fingerprint density at radius 1 is 1.17 bits per heavy atom. The van der Waals surface area contributed by atoms with Crippen LogP contribution in [0.1, 0.15) is 29.2 Å². The standard InChI is InChI=1S/C21H24FN5O12P2/c1-38-24-14-6-25(7-21(14)8-26(9-21)19(31)39-20(40(32,33)34)41(35,36)37)17-13(22)4-11-15(28)12(18(29)30)5-27(10-2-3-10)16(11)23-17/h4-5,10,20H,2-3,6-9H2,1H3,(H,29,30)(H2,32,33,34)(H2,35,36,37)/b24-14-. The second-order valence-corrected chi connectivity index (χ2v) is 13.8. The molecule has 2 aliphatic heterocycles. The van der Waals surface area contributed by atoms with Crippen molar-refractivity contribution in [3.63, 3.8) is 0 Å². The molecular formula is C21H24FN5O12P2. The van der Waals surface area contributed by atoms with Crippen LogP contribution in [-0.2, 0) is 18.7 Å². The molecule has 41 heavy (non-hydrogen) atoms. The largest absolute Gasteiger partial charge is 0.477 e. The van der Waals surface area contributed by atoms with Crippen molar-refractivity contribution < 1.29 is 57.4 Å². The SMILES string of the molecule is CO/N=C1/CN(c2nc3c(cc2F)c(=O)c(C(=O)O)cn3C2CC2)CC12CN(C(=O)OC(P(=O)(O)O)P(=O)(O)O)C2. The normalized spacial score (nSPS) is 19.7. The number of carbonyl (C=O) groups excluding carboxylic acids is 1. The number of rotatable bonds is 7. The summed E-state index contributed by atoms with van der Waals surface area (Å²) in [5.74, 6) is -2.52. The van der Waals surface area contributed by atoms with Crippen LogP contribution >= 0.6 is 15.2 Å². The second-order valence-electron chi connectivity index (χ2n) is 10.1. The summed E-state index contributed by atoms with van der Waals surface area (Å²) < 4.78 is 44.3. The van der Waals surface area contributed by atoms with E-state index in [9.17, 15) is 48.2 Å². The van der Waals surface area contributed by atoms with Crippen LogP contribution < -0.4 is 10.3 Å². The first-order chi connectivity index (χ1) is 19.1. The lowest BCUT2D eigenvalue weighted by molar-refractivity contribution is 0.0332. The molecule has 0 bridgehead atoms. The number of halogens is 1. The van der Waals surface area contributed by atoms with Gasteiger partial charge in [-0.05, 0) is 18.9 Å². The summed E-state index contributed by atoms with van der Waals surface area (Å²) in [6.45, 7) is -0.358. The Labute approximate surface area is 229 Å². The number of carbonyl (C=O) groups is 2. The highest BCUT2D eigenvalue weighted by Crippen LogP contribution is 2.60. The lowest BCUT2D eigenvalue weighted by Crippen LogP contribution is -2.62. The Hall–Kier alpha value is -3.40. The van der Waals surface area contributed by atoms with Gasteiger partial charge in [0.1, 0.15) is 18.3 Å². The van der Waals surface area contributed by atoms with Crippen LogP contribution in [0, 0.1) is 11.2 Å². The number of nitrogens with zero attached hydrogens (tertiary/aromatic N) is 5. The monoisotopic (exact) mass is 619 g/mol. The van der Waals surface area contributed by atoms with Gasteiger partial charge in [-0.3, -0.25) is 13.9 Å². The average molecular weight is 619 g/mol. The van der Waals surface area contributed by atoms with Crippen molar-refractivity contribution in [2.24, 2.45) is 10.6 Å². The minimum absolute atomic E-state index is 0.0235. The van der Waals surface area contributed by atoms with E-state index in [1.807, 2.05) is 0 Å². The Bertz CT molecular complexity index is 1620. The summed E-state index contributed by atoms with van der Waals surface area (Å²) >= 11 is 0. The van der Waals surface area contributed by atoms with E-state index in [0.717, 1.165) is 23.8 Å². The van der Waals surface area contributed by atoms with Crippen LogP contribution in [-0.4, -0.2) is 95.8 Å². The number of ether oxygens (including phenoxy) is 1. The molecule has 3 aliphatic rings. The van der Waals surface area contributed by atoms with Gasteiger partial charge in [0.05, 0.1) is 23.1 Å². The van der Waals surface area contributed by atoms with Gasteiger partial charge in [-0.15, -0.1) is 0 Å². The number of carboxylic acid groups (broad SMARTS) is 1. The molecule has 0 aromatic carbocycles. The number of hydrogen-bond donors (Lipinski definition) is 5. The second kappa shape index (κ2) is 9.86. The maximum Gasteiger partial charge on any atom is 0.411 e. The molecule has 1 aliphatic carbocycles. The van der Waals surface area contributed by atoms with E-state index in [1.54, 1.807) is 4.57 Å². The zero-order chi connectivity index (χ0) is 30.1. The smallest absolute Gasteiger partial charge is 0.411 e. The lowest BCUT2D eigenvalue weighted by atomic mass is 9.78. The van der Waals surface area contributed by atoms with Crippen molar-refractivity contribution in [3.8, 4) is 0 Å². The molecule has 1 spiro atoms. The molecule has 222 valence electrons. The van der Waals surface area contributed by atoms with Gasteiger partial charge in [0.25, 0.3) is 0 Å². The quantitative estimate of drug-likeness (QED) is 0.209. The Morgan fingerprint density at radius 3 is 2.34 bits per heavy atom. The molecule has 0 radical (unpaired) electrons. The van der Waals surface area contributed by atoms with Crippen molar-refractivity contribution in [3.05, 3.63) is 33.9 Å². The molecule has 5 N–H and O–H groups in total. The van der Waals surface area contributed by atoms with Crippen molar-refractivity contribution in [1.82, 2.24) is 14.5 Å². The maximum atomic E-state index is 15.4. The summed E-state index contributed by atoms with van der Waals surface area (Å²) in [5, 5.41) is 13.2. The van der Waals surface area contributed by atoms with Gasteiger partial charge in [0.15, 0.2) is 11.6 Å². The van der Waals surface area contributed by atoms with E-state index >= 15 is 4.39 Å². The van der Waals surface area contributed by atoms with E-state index in [0.29, 0.717) is 5.71 Å². The topological polar surface area (TPSA) is 242 Å². The van der Waals surface area contributed by atoms with Crippen LogP contribution in [0.25, 0.3) is 11.0 Å². The van der Waals surface area contributed by atoms with Gasteiger partial charge < -0.3 is 48.6 Å². The highest BCUT2D eigenvalue weighted by Gasteiger charge is 2.57. The summed E-state index contributed by atoms with van der Waals surface area (Å²) in [6.07, 6.45) is 1.25. The Morgan fingerprint density at radius 2 is 1.80 bits per heavy atom. The number of fused-ring (bicyclic) bond motifs is 1. The molecule has 17 nitrogen and oxygen atoms in total. The minimum atomic E-state index is -5.52. The highest BCUT2D eigenvalue weighted by molar-refractivity contribution is 7.70. The summed E-state index contributed by atoms with van der Waals surface area (Å²) in [7, 11) is -9.77. The number of anilines is 1. The molecule has 2 aromatic heterocycles. The predicted octanol–water partition coefficient (Wildman–Crippen LogP) is 0.469. The molecule has 2 saturated heterocycles. The first-order valence-electron chi connectivity index (χ1n) is 12.0. The molecule has 0 unspecified atom stereocenters. The highest BCUT2D eigenvalue weighted by atomic mass is 31.2. The van der Waals surface area contributed by atoms with E-state index in [4.69, 9.17) is 4.84 Å². The number of aromatic carboxylic acids is 1. The third kappa shape index (κ3) is 5.22.